The number of hydrogen-bond acceptors (Lipinski definition) is 24. The van der Waals surface area contributed by atoms with Crippen molar-refractivity contribution in [3.8, 4) is 5.75 Å². The second-order valence-electron chi connectivity index (χ2n) is 29.6. The van der Waals surface area contributed by atoms with Crippen molar-refractivity contribution in [1.29, 1.82) is 5.41 Å². The van der Waals surface area contributed by atoms with Crippen LogP contribution in [0.1, 0.15) is 145 Å². The van der Waals surface area contributed by atoms with E-state index in [1.807, 2.05) is 6.92 Å². The summed E-state index contributed by atoms with van der Waals surface area (Å²) in [6.45, 7) is 11.4. The molecular weight excluding hydrogens is 1540 g/mol. The molecule has 0 radical (unpaired) electrons. The van der Waals surface area contributed by atoms with Crippen molar-refractivity contribution in [2.24, 2.45) is 40.9 Å². The van der Waals surface area contributed by atoms with Crippen molar-refractivity contribution in [3.05, 3.63) is 29.8 Å². The molecule has 1 aromatic rings. The van der Waals surface area contributed by atoms with Crippen LogP contribution in [-0.4, -0.2) is 289 Å². The van der Waals surface area contributed by atoms with E-state index in [4.69, 9.17) is 22.6 Å². The Morgan fingerprint density at radius 1 is 0.543 bits per heavy atom. The van der Waals surface area contributed by atoms with Gasteiger partial charge >= 0.3 is 11.9 Å². The van der Waals surface area contributed by atoms with Gasteiger partial charge in [0.15, 0.2) is 5.96 Å². The lowest BCUT2D eigenvalue weighted by Crippen LogP contribution is -2.62. The highest BCUT2D eigenvalue weighted by Crippen LogP contribution is 2.27. The Hall–Kier alpha value is -10.5. The zero-order valence-corrected chi connectivity index (χ0v) is 67.9. The van der Waals surface area contributed by atoms with Gasteiger partial charge in [0.05, 0.1) is 44.7 Å². The van der Waals surface area contributed by atoms with E-state index in [9.17, 15) is 112 Å². The summed E-state index contributed by atoms with van der Waals surface area (Å²) >= 11 is 1.31. The van der Waals surface area contributed by atoms with Crippen molar-refractivity contribution >= 4 is 118 Å². The summed E-state index contributed by atoms with van der Waals surface area (Å²) in [6.07, 6.45) is -0.994. The molecule has 0 bridgehead atoms. The number of phenols is 1. The third kappa shape index (κ3) is 32.3. The number of hydrogen-bond donors (Lipinski definition) is 23. The number of phenolic OH excluding ortho intramolecular Hbond substituents is 1. The Labute approximate surface area is 676 Å². The van der Waals surface area contributed by atoms with Gasteiger partial charge in [-0.2, -0.15) is 11.8 Å². The molecule has 17 atom stereocenters. The summed E-state index contributed by atoms with van der Waals surface area (Å²) in [4.78, 5) is 234. The maximum atomic E-state index is 14.7. The largest absolute Gasteiger partial charge is 0.508 e. The zero-order chi connectivity index (χ0) is 87.5. The molecule has 2 fully saturated rings. The van der Waals surface area contributed by atoms with Gasteiger partial charge in [0.2, 0.25) is 88.6 Å². The smallest absolute Gasteiger partial charge is 0.326 e. The molecule has 0 aliphatic carbocycles. The summed E-state index contributed by atoms with van der Waals surface area (Å²) in [5, 5.41) is 100. The summed E-state index contributed by atoms with van der Waals surface area (Å²) in [6, 6.07) is -16.1. The first kappa shape index (κ1) is 99.7. The first-order chi connectivity index (χ1) is 54.5. The lowest BCUT2D eigenvalue weighted by Gasteiger charge is -2.34. The van der Waals surface area contributed by atoms with Gasteiger partial charge in [-0.05, 0) is 112 Å². The topological polar surface area (TPSA) is 676 Å². The Bertz CT molecular complexity index is 3600. The number of nitrogens with two attached hydrogens (primary N) is 3. The van der Waals surface area contributed by atoms with E-state index in [0.717, 1.165) is 6.92 Å². The molecule has 1 aromatic carbocycles. The van der Waals surface area contributed by atoms with Gasteiger partial charge in [-0.3, -0.25) is 82.1 Å². The lowest BCUT2D eigenvalue weighted by atomic mass is 9.95. The number of primary amides is 1. The molecule has 42 nitrogen and oxygen atoms in total. The lowest BCUT2D eigenvalue weighted by molar-refractivity contribution is -0.149. The van der Waals surface area contributed by atoms with Crippen LogP contribution in [0, 0.1) is 29.1 Å². The zero-order valence-electron chi connectivity index (χ0n) is 67.1. The molecular formula is C73H119N19O23S. The fraction of sp³-hybridized carbons (Fsp3) is 0.671. The average molecular weight is 1660 g/mol. The van der Waals surface area contributed by atoms with Gasteiger partial charge < -0.3 is 127 Å². The van der Waals surface area contributed by atoms with E-state index in [1.54, 1.807) is 54.7 Å². The van der Waals surface area contributed by atoms with Crippen LogP contribution in [0.15, 0.2) is 24.3 Å². The third-order valence-electron chi connectivity index (χ3n) is 19.6. The molecule has 3 rings (SSSR count). The number of carbonyl (C=O) groups excluding carboxylic acids is 15. The van der Waals surface area contributed by atoms with Crippen molar-refractivity contribution in [2.75, 3.05) is 51.4 Å². The minimum atomic E-state index is -2.09. The minimum Gasteiger partial charge on any atom is -0.508 e. The maximum Gasteiger partial charge on any atom is 0.326 e. The number of carboxylic acid groups (broad SMARTS) is 2. The highest BCUT2D eigenvalue weighted by Gasteiger charge is 2.46. The number of rotatable bonds is 50. The fourth-order valence-corrected chi connectivity index (χ4v) is 13.0. The van der Waals surface area contributed by atoms with Crippen LogP contribution in [0.4, 0.5) is 0 Å². The van der Waals surface area contributed by atoms with Gasteiger partial charge in [-0.1, -0.05) is 80.4 Å². The van der Waals surface area contributed by atoms with Crippen molar-refractivity contribution in [3.63, 3.8) is 0 Å². The summed E-state index contributed by atoms with van der Waals surface area (Å²) in [7, 11) is 0. The van der Waals surface area contributed by atoms with Crippen molar-refractivity contribution in [1.82, 2.24) is 78.9 Å². The van der Waals surface area contributed by atoms with Crippen LogP contribution in [-0.2, 0) is 87.9 Å². The molecule has 650 valence electrons. The minimum absolute atomic E-state index is 0.00688. The Morgan fingerprint density at radius 2 is 1.03 bits per heavy atom. The standard InChI is InChI=1S/C73H119N19O23S/c1-11-37(7)55(75)67(109)90-57(38(8)12-2)68(110)85-46(30-52(74)97)59(101)79-32-53(98)88-58(39(9)95)69(111)89-56(36(5)6)71(113)92-26-15-18-51(92)70(112)91-25-14-17-50(91)66(108)84-44(28-35(3)4)61(103)87-49(34-94)65(107)83-47(31-54(99)100)63(105)80-42(16-13-24-78-73(76)77)60(102)86-48(33-93)64(106)82-45(29-40-19-21-41(96)22-20-40)62(104)81-43(72(114)115)23-27-116-10/h19-22,35-39,42-51,55-58,93-96H,11-18,23-34,75H2,1-10H3,(H2,74,97)(H,79,101)(H,80,105)(H,81,104)(H,82,106)(H,83,107)(H,84,108)(H,85,110)(H,86,102)(H,87,103)(H,88,98)(H,89,111)(H,90,109)(H,99,100)(H,114,115)(H4,76,77,78)/t37-,38-,39+,42-,43-,44-,45-,46-,47-,48-,49-,50-,51-,55-,56-,57-,58-/m0/s1. The van der Waals surface area contributed by atoms with E-state index in [1.165, 1.54) is 45.8 Å². The van der Waals surface area contributed by atoms with E-state index >= 15 is 0 Å². The number of likely N-dealkylation sites (tertiary alicyclic amines) is 2. The normalized spacial score (nSPS) is 17.8. The highest BCUT2D eigenvalue weighted by atomic mass is 32.2. The molecule has 43 heteroatoms. The second-order valence-corrected chi connectivity index (χ2v) is 30.6. The third-order valence-corrected chi connectivity index (χ3v) is 20.3. The quantitative estimate of drug-likeness (QED) is 0.0164. The first-order valence-corrected chi connectivity index (χ1v) is 39.9. The van der Waals surface area contributed by atoms with Crippen LogP contribution < -0.4 is 86.3 Å². The number of benzene rings is 1. The Morgan fingerprint density at radius 3 is 1.56 bits per heavy atom. The second kappa shape index (κ2) is 49.4. The number of nitrogens with zero attached hydrogens (tertiary/aromatic N) is 2. The molecule has 0 spiro atoms. The SMILES string of the molecule is CC[C@H](C)[C@H](N)C(=O)N[C@H](C(=O)N[C@@H](CC(N)=O)C(=O)NCC(=O)N[C@H](C(=O)N[C@H](C(=O)N1CCC[C@H]1C(=O)N1CCC[C@H]1C(=O)N[C@@H](CC(C)C)C(=O)N[C@@H](CO)C(=O)N[C@@H](CC(=O)O)C(=O)N[C@@H](CCCNC(=N)N)C(=O)N[C@@H](CO)C(=O)N[C@@H](Cc1ccc(O)cc1)C(=O)N[C@@H](CCSC)C(=O)O)C(C)C)[C@@H](C)O)[C@@H](C)CC. The Balaban J connectivity index is 1.79. The number of aliphatic hydroxyl groups excluding tert-OH is 3. The fourth-order valence-electron chi connectivity index (χ4n) is 12.5. The molecule has 2 saturated heterocycles. The molecule has 116 heavy (non-hydrogen) atoms. The monoisotopic (exact) mass is 1660 g/mol. The van der Waals surface area contributed by atoms with Crippen LogP contribution in [0.3, 0.4) is 0 Å². The molecule has 0 aromatic heterocycles. The predicted molar refractivity (Wildman–Crippen MR) is 418 cm³/mol. The van der Waals surface area contributed by atoms with Gasteiger partial charge in [0, 0.05) is 26.1 Å². The summed E-state index contributed by atoms with van der Waals surface area (Å²) < 4.78 is 0. The molecule has 0 saturated carbocycles. The maximum absolute atomic E-state index is 14.7. The van der Waals surface area contributed by atoms with Gasteiger partial charge in [0.1, 0.15) is 84.3 Å². The van der Waals surface area contributed by atoms with E-state index < -0.39 is 242 Å². The number of aliphatic carboxylic acids is 2. The van der Waals surface area contributed by atoms with Crippen LogP contribution in [0.2, 0.25) is 0 Å². The van der Waals surface area contributed by atoms with E-state index in [-0.39, 0.29) is 95.0 Å². The highest BCUT2D eigenvalue weighted by molar-refractivity contribution is 7.98. The summed E-state index contributed by atoms with van der Waals surface area (Å²) in [5.41, 5.74) is 17.3. The first-order valence-electron chi connectivity index (χ1n) is 38.5. The number of thioether (sulfide) groups is 1. The van der Waals surface area contributed by atoms with Crippen LogP contribution in [0.5, 0.6) is 5.75 Å². The van der Waals surface area contributed by atoms with Crippen LogP contribution >= 0.6 is 11.8 Å². The predicted octanol–water partition coefficient (Wildman–Crippen LogP) is -6.70. The Kier molecular flexibility index (Phi) is 42.4. The number of aromatic hydroxyl groups is 1. The summed E-state index contributed by atoms with van der Waals surface area (Å²) in [5.74, 6) is -20.2. The molecule has 2 aliphatic heterocycles. The molecule has 2 heterocycles. The molecule has 15 amide bonds. The van der Waals surface area contributed by atoms with Gasteiger partial charge in [0.25, 0.3) is 0 Å². The number of nitrogens with one attached hydrogen (secondary N) is 14. The van der Waals surface area contributed by atoms with Crippen molar-refractivity contribution in [2.45, 2.75) is 236 Å². The number of carboxylic acids is 2. The van der Waals surface area contributed by atoms with Gasteiger partial charge in [-0.15, -0.1) is 0 Å². The van der Waals surface area contributed by atoms with Crippen molar-refractivity contribution < 1.29 is 112 Å². The molecule has 0 unspecified atom stereocenters. The molecule has 2 aliphatic rings. The van der Waals surface area contributed by atoms with E-state index in [2.05, 4.69) is 69.1 Å². The van der Waals surface area contributed by atoms with Gasteiger partial charge in [-0.25, -0.2) is 4.79 Å². The number of guanidine groups is 1. The van der Waals surface area contributed by atoms with E-state index in [0.29, 0.717) is 24.2 Å². The number of carbonyl (C=O) groups is 17. The number of amides is 15. The average Bonchev–Trinajstić information content (AvgIpc) is 1.64. The van der Waals surface area contributed by atoms with Crippen LogP contribution in [0.25, 0.3) is 0 Å². The molecule has 26 N–H and O–H groups in total. The number of aliphatic hydroxyl groups is 3.